The molecule has 3 N–H and O–H groups in total. The van der Waals surface area contributed by atoms with E-state index in [2.05, 4.69) is 10.6 Å². The topological polar surface area (TPSA) is 98.7 Å². The number of amides is 3. The quantitative estimate of drug-likeness (QED) is 0.686. The summed E-state index contributed by atoms with van der Waals surface area (Å²) < 4.78 is 0. The lowest BCUT2D eigenvalue weighted by molar-refractivity contribution is -0.140. The molecule has 0 aromatic rings. The van der Waals surface area contributed by atoms with Crippen molar-refractivity contribution < 1.29 is 19.5 Å². The summed E-state index contributed by atoms with van der Waals surface area (Å²) >= 11 is 0. The van der Waals surface area contributed by atoms with Gasteiger partial charge in [0.1, 0.15) is 5.54 Å². The summed E-state index contributed by atoms with van der Waals surface area (Å²) in [5, 5.41) is 14.5. The second kappa shape index (κ2) is 8.35. The predicted molar refractivity (Wildman–Crippen MR) is 89.6 cm³/mol. The summed E-state index contributed by atoms with van der Waals surface area (Å²) in [7, 11) is 0. The third-order valence-electron chi connectivity index (χ3n) is 5.13. The number of aliphatic carboxylic acids is 1. The van der Waals surface area contributed by atoms with Crippen LogP contribution in [0.25, 0.3) is 0 Å². The number of carboxylic acids is 1. The maximum atomic E-state index is 13.1. The van der Waals surface area contributed by atoms with Gasteiger partial charge in [0.2, 0.25) is 5.91 Å². The Morgan fingerprint density at radius 1 is 1.21 bits per heavy atom. The summed E-state index contributed by atoms with van der Waals surface area (Å²) in [5.74, 6) is -0.545. The average molecular weight is 339 g/mol. The second-order valence-corrected chi connectivity index (χ2v) is 6.97. The fraction of sp³-hybridized carbons (Fsp3) is 0.824. The smallest absolute Gasteiger partial charge is 0.315 e. The van der Waals surface area contributed by atoms with Gasteiger partial charge in [-0.25, -0.2) is 4.79 Å². The Bertz CT molecular complexity index is 474. The van der Waals surface area contributed by atoms with E-state index < -0.39 is 11.5 Å². The number of rotatable bonds is 6. The molecule has 2 aliphatic rings. The normalized spacial score (nSPS) is 22.9. The van der Waals surface area contributed by atoms with Crippen LogP contribution < -0.4 is 10.6 Å². The van der Waals surface area contributed by atoms with Crippen LogP contribution in [0.5, 0.6) is 0 Å². The second-order valence-electron chi connectivity index (χ2n) is 6.97. The number of urea groups is 1. The van der Waals surface area contributed by atoms with Crippen LogP contribution in [0.2, 0.25) is 0 Å². The zero-order valence-electron chi connectivity index (χ0n) is 14.5. The molecule has 1 unspecified atom stereocenters. The number of nitrogens with zero attached hydrogens (tertiary/aromatic N) is 1. The van der Waals surface area contributed by atoms with Gasteiger partial charge in [0, 0.05) is 26.1 Å². The van der Waals surface area contributed by atoms with Gasteiger partial charge in [0.05, 0.1) is 0 Å². The van der Waals surface area contributed by atoms with Crippen molar-refractivity contribution in [1.29, 1.82) is 0 Å². The molecule has 3 amide bonds. The molecule has 24 heavy (non-hydrogen) atoms. The number of carbonyl (C=O) groups is 3. The molecule has 1 aliphatic carbocycles. The standard InChI is InChI=1S/C17H29N3O4/c1-2-18-16(24)19-17(9-3-4-10-17)15(23)20-11-5-6-13(12-20)7-8-14(21)22/h13H,2-12H2,1H3,(H,21,22)(H2,18,19,24). The lowest BCUT2D eigenvalue weighted by Gasteiger charge is -2.39. The number of carboxylic acid groups (broad SMARTS) is 1. The first-order chi connectivity index (χ1) is 11.5. The van der Waals surface area contributed by atoms with Gasteiger partial charge in [-0.05, 0) is 44.9 Å². The molecular formula is C17H29N3O4. The van der Waals surface area contributed by atoms with Gasteiger partial charge >= 0.3 is 12.0 Å². The molecule has 1 atom stereocenters. The molecule has 0 aromatic heterocycles. The first-order valence-corrected chi connectivity index (χ1v) is 9.04. The Hall–Kier alpha value is -1.79. The number of hydrogen-bond donors (Lipinski definition) is 3. The van der Waals surface area contributed by atoms with Crippen molar-refractivity contribution in [2.75, 3.05) is 19.6 Å². The Balaban J connectivity index is 2.00. The van der Waals surface area contributed by atoms with Crippen LogP contribution in [0.4, 0.5) is 4.79 Å². The molecule has 0 aromatic carbocycles. The van der Waals surface area contributed by atoms with Crippen LogP contribution >= 0.6 is 0 Å². The van der Waals surface area contributed by atoms with Crippen LogP contribution in [0, 0.1) is 5.92 Å². The molecule has 2 rings (SSSR count). The van der Waals surface area contributed by atoms with Gasteiger partial charge < -0.3 is 20.6 Å². The van der Waals surface area contributed by atoms with Gasteiger partial charge in [0.25, 0.3) is 0 Å². The van der Waals surface area contributed by atoms with Crippen molar-refractivity contribution in [3.8, 4) is 0 Å². The maximum Gasteiger partial charge on any atom is 0.315 e. The van der Waals surface area contributed by atoms with E-state index in [-0.39, 0.29) is 24.3 Å². The van der Waals surface area contributed by atoms with Crippen molar-refractivity contribution in [3.05, 3.63) is 0 Å². The first kappa shape index (κ1) is 18.5. The minimum absolute atomic E-state index is 0.00581. The molecule has 7 heteroatoms. The van der Waals surface area contributed by atoms with E-state index >= 15 is 0 Å². The van der Waals surface area contributed by atoms with E-state index in [0.29, 0.717) is 38.9 Å². The minimum Gasteiger partial charge on any atom is -0.481 e. The van der Waals surface area contributed by atoms with E-state index in [0.717, 1.165) is 25.7 Å². The number of nitrogens with one attached hydrogen (secondary N) is 2. The zero-order chi connectivity index (χ0) is 17.6. The van der Waals surface area contributed by atoms with Crippen LogP contribution in [-0.4, -0.2) is 53.1 Å². The van der Waals surface area contributed by atoms with Crippen LogP contribution in [0.1, 0.15) is 58.3 Å². The number of piperidine rings is 1. The Kier molecular flexibility index (Phi) is 6.45. The predicted octanol–water partition coefficient (Wildman–Crippen LogP) is 1.72. The zero-order valence-corrected chi connectivity index (χ0v) is 14.5. The molecule has 1 heterocycles. The molecule has 7 nitrogen and oxygen atoms in total. The highest BCUT2D eigenvalue weighted by atomic mass is 16.4. The molecule has 0 bridgehead atoms. The van der Waals surface area contributed by atoms with Crippen LogP contribution in [-0.2, 0) is 9.59 Å². The molecule has 136 valence electrons. The molecular weight excluding hydrogens is 310 g/mol. The lowest BCUT2D eigenvalue weighted by atomic mass is 9.90. The highest BCUT2D eigenvalue weighted by molar-refractivity contribution is 5.91. The van der Waals surface area contributed by atoms with Gasteiger partial charge in [-0.3, -0.25) is 9.59 Å². The highest BCUT2D eigenvalue weighted by Gasteiger charge is 2.45. The van der Waals surface area contributed by atoms with E-state index in [1.807, 2.05) is 11.8 Å². The van der Waals surface area contributed by atoms with E-state index in [9.17, 15) is 14.4 Å². The largest absolute Gasteiger partial charge is 0.481 e. The lowest BCUT2D eigenvalue weighted by Crippen LogP contribution is -2.61. The van der Waals surface area contributed by atoms with Gasteiger partial charge in [-0.1, -0.05) is 12.8 Å². The molecule has 1 saturated carbocycles. The molecule has 1 saturated heterocycles. The Morgan fingerprint density at radius 2 is 1.92 bits per heavy atom. The molecule has 2 fully saturated rings. The fourth-order valence-corrected chi connectivity index (χ4v) is 3.91. The summed E-state index contributed by atoms with van der Waals surface area (Å²) in [5.41, 5.74) is -0.784. The third-order valence-corrected chi connectivity index (χ3v) is 5.13. The number of hydrogen-bond acceptors (Lipinski definition) is 3. The van der Waals surface area contributed by atoms with Gasteiger partial charge in [0.15, 0.2) is 0 Å². The SMILES string of the molecule is CCNC(=O)NC1(C(=O)N2CCCC(CCC(=O)O)C2)CCCC1. The third kappa shape index (κ3) is 4.61. The summed E-state index contributed by atoms with van der Waals surface area (Å²) in [6, 6.07) is -0.285. The fourth-order valence-electron chi connectivity index (χ4n) is 3.91. The molecule has 0 spiro atoms. The van der Waals surface area contributed by atoms with Crippen molar-refractivity contribution in [1.82, 2.24) is 15.5 Å². The van der Waals surface area contributed by atoms with E-state index in [1.165, 1.54) is 0 Å². The maximum absolute atomic E-state index is 13.1. The van der Waals surface area contributed by atoms with Crippen LogP contribution in [0.3, 0.4) is 0 Å². The summed E-state index contributed by atoms with van der Waals surface area (Å²) in [6.45, 7) is 3.67. The monoisotopic (exact) mass is 339 g/mol. The number of likely N-dealkylation sites (tertiary alicyclic amines) is 1. The van der Waals surface area contributed by atoms with E-state index in [1.54, 1.807) is 0 Å². The van der Waals surface area contributed by atoms with Crippen LogP contribution in [0.15, 0.2) is 0 Å². The first-order valence-electron chi connectivity index (χ1n) is 9.04. The van der Waals surface area contributed by atoms with Crippen molar-refractivity contribution in [2.24, 2.45) is 5.92 Å². The summed E-state index contributed by atoms with van der Waals surface area (Å²) in [6.07, 6.45) is 5.85. The van der Waals surface area contributed by atoms with Gasteiger partial charge in [-0.15, -0.1) is 0 Å². The van der Waals surface area contributed by atoms with Crippen molar-refractivity contribution in [2.45, 2.75) is 63.8 Å². The Labute approximate surface area is 143 Å². The minimum atomic E-state index is -0.788. The number of carbonyl (C=O) groups excluding carboxylic acids is 2. The molecule has 0 radical (unpaired) electrons. The average Bonchev–Trinajstić information content (AvgIpc) is 3.02. The molecule has 1 aliphatic heterocycles. The highest BCUT2D eigenvalue weighted by Crippen LogP contribution is 2.33. The van der Waals surface area contributed by atoms with E-state index in [4.69, 9.17) is 5.11 Å². The van der Waals surface area contributed by atoms with Gasteiger partial charge in [-0.2, -0.15) is 0 Å². The Morgan fingerprint density at radius 3 is 2.54 bits per heavy atom. The van der Waals surface area contributed by atoms with Crippen molar-refractivity contribution in [3.63, 3.8) is 0 Å². The summed E-state index contributed by atoms with van der Waals surface area (Å²) in [4.78, 5) is 37.7. The van der Waals surface area contributed by atoms with Crippen molar-refractivity contribution >= 4 is 17.9 Å².